The molecule has 0 saturated carbocycles. The molecule has 5 heteroatoms. The summed E-state index contributed by atoms with van der Waals surface area (Å²) in [6.07, 6.45) is 5.10. The van der Waals surface area contributed by atoms with Crippen LogP contribution < -0.4 is 5.32 Å². The van der Waals surface area contributed by atoms with Crippen LogP contribution in [-0.4, -0.2) is 48.1 Å². The summed E-state index contributed by atoms with van der Waals surface area (Å²) >= 11 is 0. The molecule has 1 amide bonds. The molecule has 1 fully saturated rings. The quantitative estimate of drug-likeness (QED) is 0.767. The summed E-state index contributed by atoms with van der Waals surface area (Å²) < 4.78 is 0. The van der Waals surface area contributed by atoms with Crippen LogP contribution in [0.15, 0.2) is 0 Å². The van der Waals surface area contributed by atoms with Crippen LogP contribution in [0.1, 0.15) is 46.0 Å². The Morgan fingerprint density at radius 3 is 2.26 bits per heavy atom. The highest BCUT2D eigenvalue weighted by Crippen LogP contribution is 2.19. The fourth-order valence-corrected chi connectivity index (χ4v) is 2.25. The second kappa shape index (κ2) is 7.48. The van der Waals surface area contributed by atoms with Crippen molar-refractivity contribution in [2.75, 3.05) is 26.2 Å². The Labute approximate surface area is 115 Å². The van der Waals surface area contributed by atoms with Crippen molar-refractivity contribution in [1.29, 1.82) is 0 Å². The molecule has 0 aliphatic carbocycles. The van der Waals surface area contributed by atoms with E-state index in [9.17, 15) is 9.59 Å². The van der Waals surface area contributed by atoms with E-state index in [1.807, 2.05) is 0 Å². The average Bonchev–Trinajstić information content (AvgIpc) is 2.56. The second-order valence-electron chi connectivity index (χ2n) is 5.97. The Morgan fingerprint density at radius 2 is 1.74 bits per heavy atom. The molecule has 1 aliphatic rings. The van der Waals surface area contributed by atoms with Crippen molar-refractivity contribution in [2.45, 2.75) is 46.0 Å². The van der Waals surface area contributed by atoms with Crippen LogP contribution >= 0.6 is 0 Å². The lowest BCUT2D eigenvalue weighted by Crippen LogP contribution is -2.38. The van der Waals surface area contributed by atoms with Gasteiger partial charge in [0.15, 0.2) is 0 Å². The molecule has 110 valence electrons. The lowest BCUT2D eigenvalue weighted by molar-refractivity contribution is -0.149. The summed E-state index contributed by atoms with van der Waals surface area (Å²) in [7, 11) is 0. The lowest BCUT2D eigenvalue weighted by Gasteiger charge is -2.21. The molecule has 0 aromatic rings. The van der Waals surface area contributed by atoms with Crippen molar-refractivity contribution in [3.8, 4) is 0 Å². The molecule has 2 N–H and O–H groups in total. The Kier molecular flexibility index (Phi) is 6.28. The van der Waals surface area contributed by atoms with Gasteiger partial charge in [0.25, 0.3) is 0 Å². The fraction of sp³-hybridized carbons (Fsp3) is 0.857. The van der Waals surface area contributed by atoms with E-state index in [2.05, 4.69) is 10.2 Å². The summed E-state index contributed by atoms with van der Waals surface area (Å²) in [6.45, 7) is 6.83. The Bertz CT molecular complexity index is 308. The maximum Gasteiger partial charge on any atom is 0.309 e. The largest absolute Gasteiger partial charge is 0.481 e. The molecule has 0 bridgehead atoms. The van der Waals surface area contributed by atoms with Gasteiger partial charge in [-0.05, 0) is 39.8 Å². The van der Waals surface area contributed by atoms with Gasteiger partial charge in [-0.3, -0.25) is 9.59 Å². The highest BCUT2D eigenvalue weighted by molar-refractivity contribution is 5.84. The topological polar surface area (TPSA) is 69.6 Å². The van der Waals surface area contributed by atoms with Crippen molar-refractivity contribution >= 4 is 11.9 Å². The molecular weight excluding hydrogens is 244 g/mol. The molecule has 19 heavy (non-hydrogen) atoms. The monoisotopic (exact) mass is 270 g/mol. The number of carboxylic acid groups (broad SMARTS) is 1. The highest BCUT2D eigenvalue weighted by atomic mass is 16.4. The van der Waals surface area contributed by atoms with E-state index in [4.69, 9.17) is 5.11 Å². The minimum Gasteiger partial charge on any atom is -0.481 e. The predicted molar refractivity (Wildman–Crippen MR) is 74.0 cm³/mol. The van der Waals surface area contributed by atoms with E-state index in [1.165, 1.54) is 25.7 Å². The van der Waals surface area contributed by atoms with Gasteiger partial charge in [-0.1, -0.05) is 12.8 Å². The van der Waals surface area contributed by atoms with Crippen LogP contribution in [0, 0.1) is 5.41 Å². The minimum absolute atomic E-state index is 0.0301. The van der Waals surface area contributed by atoms with Gasteiger partial charge in [0.2, 0.25) is 5.91 Å². The number of nitrogens with zero attached hydrogens (tertiary/aromatic N) is 1. The van der Waals surface area contributed by atoms with E-state index in [1.54, 1.807) is 13.8 Å². The standard InChI is InChI=1S/C14H26N2O3/c1-14(2,13(18)19)11-12(17)15-7-10-16-8-5-3-4-6-9-16/h3-11H2,1-2H3,(H,15,17)(H,18,19). The van der Waals surface area contributed by atoms with Crippen molar-refractivity contribution < 1.29 is 14.7 Å². The molecule has 0 unspecified atom stereocenters. The molecule has 0 spiro atoms. The van der Waals surface area contributed by atoms with Gasteiger partial charge in [-0.2, -0.15) is 0 Å². The number of hydrogen-bond donors (Lipinski definition) is 2. The molecule has 0 atom stereocenters. The molecule has 0 radical (unpaired) electrons. The minimum atomic E-state index is -0.993. The van der Waals surface area contributed by atoms with Crippen LogP contribution in [0.2, 0.25) is 0 Å². The first-order valence-electron chi connectivity index (χ1n) is 7.14. The van der Waals surface area contributed by atoms with E-state index in [0.29, 0.717) is 6.54 Å². The highest BCUT2D eigenvalue weighted by Gasteiger charge is 2.29. The molecular formula is C14H26N2O3. The third kappa shape index (κ3) is 6.05. The lowest BCUT2D eigenvalue weighted by atomic mass is 9.89. The SMILES string of the molecule is CC(C)(CC(=O)NCCN1CCCCCC1)C(=O)O. The first-order valence-corrected chi connectivity index (χ1v) is 7.14. The Morgan fingerprint density at radius 1 is 1.16 bits per heavy atom. The number of carbonyl (C=O) groups is 2. The first kappa shape index (κ1) is 16.0. The first-order chi connectivity index (χ1) is 8.92. The Hall–Kier alpha value is -1.10. The van der Waals surface area contributed by atoms with Crippen LogP contribution in [0.4, 0.5) is 0 Å². The van der Waals surface area contributed by atoms with Crippen molar-refractivity contribution in [3.63, 3.8) is 0 Å². The predicted octanol–water partition coefficient (Wildman–Crippen LogP) is 1.48. The number of nitrogens with one attached hydrogen (secondary N) is 1. The van der Waals surface area contributed by atoms with Crippen molar-refractivity contribution in [1.82, 2.24) is 10.2 Å². The number of likely N-dealkylation sites (tertiary alicyclic amines) is 1. The average molecular weight is 270 g/mol. The van der Waals surface area contributed by atoms with Crippen LogP contribution in [0.25, 0.3) is 0 Å². The molecule has 0 aromatic heterocycles. The van der Waals surface area contributed by atoms with Crippen LogP contribution in [0.3, 0.4) is 0 Å². The molecule has 1 rings (SSSR count). The fourth-order valence-electron chi connectivity index (χ4n) is 2.25. The number of carboxylic acids is 1. The zero-order valence-corrected chi connectivity index (χ0v) is 12.1. The molecule has 1 saturated heterocycles. The summed E-state index contributed by atoms with van der Waals surface area (Å²) in [4.78, 5) is 25.0. The molecule has 0 aromatic carbocycles. The smallest absolute Gasteiger partial charge is 0.309 e. The van der Waals surface area contributed by atoms with Gasteiger partial charge in [0, 0.05) is 19.5 Å². The van der Waals surface area contributed by atoms with Gasteiger partial charge in [0.05, 0.1) is 5.41 Å². The zero-order valence-electron chi connectivity index (χ0n) is 12.1. The number of rotatable bonds is 6. The number of aliphatic carboxylic acids is 1. The second-order valence-corrected chi connectivity index (χ2v) is 5.97. The van der Waals surface area contributed by atoms with Crippen LogP contribution in [0.5, 0.6) is 0 Å². The third-order valence-electron chi connectivity index (χ3n) is 3.63. The van der Waals surface area contributed by atoms with Crippen molar-refractivity contribution in [2.24, 2.45) is 5.41 Å². The number of amides is 1. The number of hydrogen-bond acceptors (Lipinski definition) is 3. The maximum atomic E-state index is 11.7. The van der Waals surface area contributed by atoms with E-state index in [0.717, 1.165) is 19.6 Å². The molecule has 1 heterocycles. The summed E-state index contributed by atoms with van der Waals surface area (Å²) in [6, 6.07) is 0. The van der Waals surface area contributed by atoms with Gasteiger partial charge >= 0.3 is 5.97 Å². The van der Waals surface area contributed by atoms with Gasteiger partial charge < -0.3 is 15.3 Å². The van der Waals surface area contributed by atoms with Gasteiger partial charge in [-0.25, -0.2) is 0 Å². The molecule has 1 aliphatic heterocycles. The maximum absolute atomic E-state index is 11.7. The van der Waals surface area contributed by atoms with E-state index < -0.39 is 11.4 Å². The van der Waals surface area contributed by atoms with Crippen LogP contribution in [-0.2, 0) is 9.59 Å². The normalized spacial score (nSPS) is 17.8. The van der Waals surface area contributed by atoms with Gasteiger partial charge in [-0.15, -0.1) is 0 Å². The van der Waals surface area contributed by atoms with Gasteiger partial charge in [0.1, 0.15) is 0 Å². The van der Waals surface area contributed by atoms with E-state index >= 15 is 0 Å². The Balaban J connectivity index is 2.21. The van der Waals surface area contributed by atoms with Crippen molar-refractivity contribution in [3.05, 3.63) is 0 Å². The number of carbonyl (C=O) groups excluding carboxylic acids is 1. The summed E-state index contributed by atoms with van der Waals surface area (Å²) in [5, 5.41) is 11.8. The van der Waals surface area contributed by atoms with E-state index in [-0.39, 0.29) is 12.3 Å². The third-order valence-corrected chi connectivity index (χ3v) is 3.63. The summed E-state index contributed by atoms with van der Waals surface area (Å²) in [5.74, 6) is -1.11. The zero-order chi connectivity index (χ0) is 14.3. The summed E-state index contributed by atoms with van der Waals surface area (Å²) in [5.41, 5.74) is -0.993. The molecule has 5 nitrogen and oxygen atoms in total.